The number of benzene rings is 1. The quantitative estimate of drug-likeness (QED) is 0.851. The van der Waals surface area contributed by atoms with Gasteiger partial charge in [0.05, 0.1) is 7.11 Å². The maximum Gasteiger partial charge on any atom is 0.471 e. The summed E-state index contributed by atoms with van der Waals surface area (Å²) < 4.78 is 45.2. The highest BCUT2D eigenvalue weighted by atomic mass is 19.4. The molecule has 8 heteroatoms. The number of esters is 1. The number of ether oxygens (including phenoxy) is 2. The van der Waals surface area contributed by atoms with Crippen molar-refractivity contribution < 1.29 is 32.2 Å². The van der Waals surface area contributed by atoms with Crippen LogP contribution in [0.4, 0.5) is 18.9 Å². The Morgan fingerprint density at radius 2 is 1.79 bits per heavy atom. The lowest BCUT2D eigenvalue weighted by atomic mass is 10.3. The summed E-state index contributed by atoms with van der Waals surface area (Å²) in [4.78, 5) is 21.4. The third kappa shape index (κ3) is 4.86. The molecule has 0 radical (unpaired) electrons. The first-order valence-electron chi connectivity index (χ1n) is 5.01. The van der Waals surface area contributed by atoms with Crippen molar-refractivity contribution in [1.82, 2.24) is 0 Å². The van der Waals surface area contributed by atoms with Gasteiger partial charge in [0.15, 0.2) is 6.61 Å². The average Bonchev–Trinajstić information content (AvgIpc) is 2.36. The van der Waals surface area contributed by atoms with Crippen LogP contribution in [0.3, 0.4) is 0 Å². The zero-order valence-electron chi connectivity index (χ0n) is 9.78. The molecule has 0 aromatic heterocycles. The summed E-state index contributed by atoms with van der Waals surface area (Å²) in [5.74, 6) is -2.39. The van der Waals surface area contributed by atoms with Crippen LogP contribution >= 0.6 is 0 Å². The molecule has 1 aromatic rings. The highest BCUT2D eigenvalue weighted by Crippen LogP contribution is 2.20. The number of carbonyl (C=O) groups is 2. The number of carbonyl (C=O) groups excluding carboxylic acids is 2. The van der Waals surface area contributed by atoms with Crippen molar-refractivity contribution in [2.75, 3.05) is 19.0 Å². The Morgan fingerprint density at radius 1 is 1.21 bits per heavy atom. The van der Waals surface area contributed by atoms with Gasteiger partial charge in [-0.05, 0) is 24.3 Å². The third-order valence-electron chi connectivity index (χ3n) is 1.95. The highest BCUT2D eigenvalue weighted by Gasteiger charge is 2.38. The lowest BCUT2D eigenvalue weighted by Gasteiger charge is -2.09. The molecule has 104 valence electrons. The van der Waals surface area contributed by atoms with Gasteiger partial charge in [0, 0.05) is 5.69 Å². The Hall–Kier alpha value is -2.25. The van der Waals surface area contributed by atoms with Gasteiger partial charge in [-0.25, -0.2) is 4.79 Å². The Balaban J connectivity index is 2.57. The predicted molar refractivity (Wildman–Crippen MR) is 58.6 cm³/mol. The lowest BCUT2D eigenvalue weighted by molar-refractivity contribution is -0.167. The maximum absolute atomic E-state index is 12.0. The predicted octanol–water partition coefficient (Wildman–Crippen LogP) is 1.74. The van der Waals surface area contributed by atoms with Gasteiger partial charge >= 0.3 is 18.1 Å². The van der Waals surface area contributed by atoms with E-state index >= 15 is 0 Å². The largest absolute Gasteiger partial charge is 0.482 e. The minimum Gasteiger partial charge on any atom is -0.482 e. The number of halogens is 3. The van der Waals surface area contributed by atoms with Gasteiger partial charge in [-0.2, -0.15) is 13.2 Å². The van der Waals surface area contributed by atoms with Crippen molar-refractivity contribution in [3.63, 3.8) is 0 Å². The van der Waals surface area contributed by atoms with Crippen molar-refractivity contribution in [3.8, 4) is 5.75 Å². The molecule has 5 nitrogen and oxygen atoms in total. The normalized spacial score (nSPS) is 10.7. The van der Waals surface area contributed by atoms with E-state index in [2.05, 4.69) is 4.74 Å². The van der Waals surface area contributed by atoms with E-state index in [1.807, 2.05) is 0 Å². The van der Waals surface area contributed by atoms with E-state index in [0.717, 1.165) is 0 Å². The number of hydrogen-bond acceptors (Lipinski definition) is 4. The zero-order chi connectivity index (χ0) is 14.5. The lowest BCUT2D eigenvalue weighted by Crippen LogP contribution is -2.29. The Labute approximate surface area is 106 Å². The molecule has 0 aliphatic rings. The second kappa shape index (κ2) is 6.07. The van der Waals surface area contributed by atoms with Gasteiger partial charge in [0.25, 0.3) is 0 Å². The summed E-state index contributed by atoms with van der Waals surface area (Å²) in [6.07, 6.45) is -4.94. The highest BCUT2D eigenvalue weighted by molar-refractivity contribution is 5.94. The molecule has 19 heavy (non-hydrogen) atoms. The summed E-state index contributed by atoms with van der Waals surface area (Å²) >= 11 is 0. The number of anilines is 1. The van der Waals surface area contributed by atoms with E-state index in [9.17, 15) is 22.8 Å². The number of alkyl halides is 3. The van der Waals surface area contributed by atoms with Gasteiger partial charge < -0.3 is 14.8 Å². The first-order valence-corrected chi connectivity index (χ1v) is 5.01. The first kappa shape index (κ1) is 14.8. The fourth-order valence-corrected chi connectivity index (χ4v) is 1.04. The molecular formula is C11H10F3NO4. The Morgan fingerprint density at radius 3 is 2.26 bits per heavy atom. The third-order valence-corrected chi connectivity index (χ3v) is 1.95. The van der Waals surface area contributed by atoms with Crippen molar-refractivity contribution in [3.05, 3.63) is 24.3 Å². The van der Waals surface area contributed by atoms with Gasteiger partial charge in [-0.3, -0.25) is 4.79 Å². The van der Waals surface area contributed by atoms with Crippen LogP contribution in [-0.4, -0.2) is 31.8 Å². The van der Waals surface area contributed by atoms with Gasteiger partial charge in [-0.1, -0.05) is 0 Å². The van der Waals surface area contributed by atoms with E-state index in [4.69, 9.17) is 4.74 Å². The summed E-state index contributed by atoms with van der Waals surface area (Å²) in [5.41, 5.74) is -0.0345. The van der Waals surface area contributed by atoms with E-state index in [1.54, 1.807) is 5.32 Å². The number of nitrogens with one attached hydrogen (secondary N) is 1. The molecule has 1 rings (SSSR count). The molecule has 1 aromatic carbocycles. The van der Waals surface area contributed by atoms with E-state index < -0.39 is 18.1 Å². The number of amides is 1. The Kier molecular flexibility index (Phi) is 4.74. The topological polar surface area (TPSA) is 64.6 Å². The average molecular weight is 277 g/mol. The minimum absolute atomic E-state index is 0.0345. The van der Waals surface area contributed by atoms with Crippen molar-refractivity contribution in [2.24, 2.45) is 0 Å². The van der Waals surface area contributed by atoms with Crippen molar-refractivity contribution >= 4 is 17.6 Å². The summed E-state index contributed by atoms with van der Waals surface area (Å²) in [6, 6.07) is 5.07. The summed E-state index contributed by atoms with van der Waals surface area (Å²) in [7, 11) is 1.20. The van der Waals surface area contributed by atoms with Crippen LogP contribution in [0, 0.1) is 0 Å². The molecule has 1 amide bonds. The van der Waals surface area contributed by atoms with Crippen molar-refractivity contribution in [1.29, 1.82) is 0 Å². The molecule has 0 aliphatic carbocycles. The number of hydrogen-bond donors (Lipinski definition) is 1. The van der Waals surface area contributed by atoms with Crippen LogP contribution in [0.15, 0.2) is 24.3 Å². The SMILES string of the molecule is COC(=O)COc1ccc(NC(=O)C(F)(F)F)cc1. The van der Waals surface area contributed by atoms with Crippen LogP contribution in [0.2, 0.25) is 0 Å². The molecule has 0 atom stereocenters. The van der Waals surface area contributed by atoms with E-state index in [-0.39, 0.29) is 18.0 Å². The standard InChI is InChI=1S/C11H10F3NO4/c1-18-9(16)6-19-8-4-2-7(3-5-8)15-10(17)11(12,13)14/h2-5H,6H2,1H3,(H,15,17). The monoisotopic (exact) mass is 277 g/mol. The fourth-order valence-electron chi connectivity index (χ4n) is 1.04. The molecular weight excluding hydrogens is 267 g/mol. The van der Waals surface area contributed by atoms with Crippen LogP contribution in [-0.2, 0) is 14.3 Å². The Bertz CT molecular complexity index is 456. The maximum atomic E-state index is 12.0. The molecule has 0 saturated heterocycles. The number of rotatable bonds is 4. The summed E-state index contributed by atoms with van der Waals surface area (Å²) in [6.45, 7) is -0.315. The van der Waals surface area contributed by atoms with E-state index in [1.165, 1.54) is 31.4 Å². The van der Waals surface area contributed by atoms with Crippen LogP contribution in [0.5, 0.6) is 5.75 Å². The molecule has 0 unspecified atom stereocenters. The second-order valence-corrected chi connectivity index (χ2v) is 3.34. The van der Waals surface area contributed by atoms with Gasteiger partial charge in [0.1, 0.15) is 5.75 Å². The first-order chi connectivity index (χ1) is 8.82. The fraction of sp³-hybridized carbons (Fsp3) is 0.273. The van der Waals surface area contributed by atoms with E-state index in [0.29, 0.717) is 0 Å². The van der Waals surface area contributed by atoms with Crippen molar-refractivity contribution in [2.45, 2.75) is 6.18 Å². The van der Waals surface area contributed by atoms with Crippen LogP contribution in [0.25, 0.3) is 0 Å². The van der Waals surface area contributed by atoms with Crippen LogP contribution < -0.4 is 10.1 Å². The minimum atomic E-state index is -4.94. The molecule has 1 N–H and O–H groups in total. The summed E-state index contributed by atoms with van der Waals surface area (Å²) in [5, 5.41) is 1.67. The molecule has 0 heterocycles. The molecule has 0 saturated carbocycles. The van der Waals surface area contributed by atoms with Gasteiger partial charge in [0.2, 0.25) is 0 Å². The zero-order valence-corrected chi connectivity index (χ0v) is 9.78. The molecule has 0 fully saturated rings. The second-order valence-electron chi connectivity index (χ2n) is 3.34. The molecule has 0 aliphatic heterocycles. The number of methoxy groups -OCH3 is 1. The van der Waals surface area contributed by atoms with Gasteiger partial charge in [-0.15, -0.1) is 0 Å². The van der Waals surface area contributed by atoms with Crippen LogP contribution in [0.1, 0.15) is 0 Å². The molecule has 0 bridgehead atoms. The smallest absolute Gasteiger partial charge is 0.471 e. The molecule has 0 spiro atoms.